The van der Waals surface area contributed by atoms with Gasteiger partial charge in [0.1, 0.15) is 12.4 Å². The Labute approximate surface area is 161 Å². The van der Waals surface area contributed by atoms with Crippen LogP contribution in [0.2, 0.25) is 0 Å². The third kappa shape index (κ3) is 5.18. The molecule has 0 bridgehead atoms. The van der Waals surface area contributed by atoms with Crippen LogP contribution in [0, 0.1) is 6.92 Å². The molecule has 0 fully saturated rings. The number of rotatable bonds is 6. The van der Waals surface area contributed by atoms with Gasteiger partial charge in [-0.3, -0.25) is 14.3 Å². The van der Waals surface area contributed by atoms with Crippen molar-refractivity contribution in [1.29, 1.82) is 0 Å². The van der Waals surface area contributed by atoms with Crippen molar-refractivity contribution in [3.63, 3.8) is 0 Å². The second-order valence-corrected chi connectivity index (χ2v) is 7.88. The minimum atomic E-state index is -0.228. The molecule has 0 radical (unpaired) electrons. The number of hydrogen-bond donors (Lipinski definition) is 1. The third-order valence-electron chi connectivity index (χ3n) is 4.41. The van der Waals surface area contributed by atoms with Crippen molar-refractivity contribution in [3.8, 4) is 0 Å². The smallest absolute Gasteiger partial charge is 0.254 e. The summed E-state index contributed by atoms with van der Waals surface area (Å²) in [6.45, 7) is 10.7. The van der Waals surface area contributed by atoms with Crippen molar-refractivity contribution >= 4 is 17.6 Å². The molecule has 1 N–H and O–H groups in total. The van der Waals surface area contributed by atoms with Crippen LogP contribution in [0.3, 0.4) is 0 Å². The van der Waals surface area contributed by atoms with Crippen LogP contribution in [0.4, 0.5) is 5.82 Å². The summed E-state index contributed by atoms with van der Waals surface area (Å²) in [6.07, 6.45) is 0.783. The average molecular weight is 370 g/mol. The summed E-state index contributed by atoms with van der Waals surface area (Å²) in [5.41, 5.74) is 2.34. The first-order chi connectivity index (χ1) is 12.6. The quantitative estimate of drug-likeness (QED) is 0.846. The Balaban J connectivity index is 2.13. The van der Waals surface area contributed by atoms with Crippen molar-refractivity contribution < 1.29 is 9.59 Å². The molecule has 0 spiro atoms. The lowest BCUT2D eigenvalue weighted by Crippen LogP contribution is -2.39. The summed E-state index contributed by atoms with van der Waals surface area (Å²) in [7, 11) is 1.80. The van der Waals surface area contributed by atoms with Gasteiger partial charge in [-0.1, -0.05) is 45.9 Å². The number of benzene rings is 1. The van der Waals surface area contributed by atoms with Crippen LogP contribution in [-0.2, 0) is 17.3 Å². The normalized spacial score (nSPS) is 11.3. The van der Waals surface area contributed by atoms with Gasteiger partial charge in [0.05, 0.1) is 5.69 Å². The van der Waals surface area contributed by atoms with Crippen molar-refractivity contribution in [2.75, 3.05) is 18.4 Å². The standard InChI is InChI=1S/C21H30N4O2/c1-7-12-25(20(27)16-11-9-8-10-15(16)2)14-19(26)22-18-13-17(21(3,4)5)23-24(18)6/h8-11,13H,7,12,14H2,1-6H3,(H,22,26). The second kappa shape index (κ2) is 8.37. The Kier molecular flexibility index (Phi) is 6.41. The molecule has 0 atom stereocenters. The zero-order chi connectivity index (χ0) is 20.2. The summed E-state index contributed by atoms with van der Waals surface area (Å²) in [5.74, 6) is 0.282. The predicted molar refractivity (Wildman–Crippen MR) is 108 cm³/mol. The minimum absolute atomic E-state index is 0.0110. The van der Waals surface area contributed by atoms with Gasteiger partial charge in [0.25, 0.3) is 5.91 Å². The zero-order valence-electron chi connectivity index (χ0n) is 17.2. The molecular formula is C21H30N4O2. The first kappa shape index (κ1) is 20.7. The summed E-state index contributed by atoms with van der Waals surface area (Å²) in [5, 5.41) is 7.35. The molecule has 6 nitrogen and oxygen atoms in total. The number of aromatic nitrogens is 2. The maximum absolute atomic E-state index is 12.9. The molecule has 0 saturated carbocycles. The maximum atomic E-state index is 12.9. The van der Waals surface area contributed by atoms with E-state index in [1.165, 1.54) is 0 Å². The van der Waals surface area contributed by atoms with E-state index in [1.807, 2.05) is 38.1 Å². The molecule has 1 aromatic heterocycles. The van der Waals surface area contributed by atoms with Gasteiger partial charge in [0, 0.05) is 30.6 Å². The van der Waals surface area contributed by atoms with E-state index in [-0.39, 0.29) is 23.8 Å². The highest BCUT2D eigenvalue weighted by atomic mass is 16.2. The fourth-order valence-electron chi connectivity index (χ4n) is 2.81. The van der Waals surface area contributed by atoms with Crippen LogP contribution in [0.25, 0.3) is 0 Å². The SMILES string of the molecule is CCCN(CC(=O)Nc1cc(C(C)(C)C)nn1C)C(=O)c1ccccc1C. The van der Waals surface area contributed by atoms with E-state index in [0.29, 0.717) is 17.9 Å². The van der Waals surface area contributed by atoms with Crippen LogP contribution < -0.4 is 5.32 Å². The Morgan fingerprint density at radius 3 is 2.44 bits per heavy atom. The number of carbonyl (C=O) groups excluding carboxylic acids is 2. The topological polar surface area (TPSA) is 67.2 Å². The molecule has 146 valence electrons. The largest absolute Gasteiger partial charge is 0.329 e. The van der Waals surface area contributed by atoms with Crippen molar-refractivity contribution in [1.82, 2.24) is 14.7 Å². The van der Waals surface area contributed by atoms with Crippen molar-refractivity contribution in [3.05, 3.63) is 47.2 Å². The van der Waals surface area contributed by atoms with Gasteiger partial charge in [-0.25, -0.2) is 0 Å². The highest BCUT2D eigenvalue weighted by molar-refractivity contribution is 5.99. The van der Waals surface area contributed by atoms with Gasteiger partial charge >= 0.3 is 0 Å². The lowest BCUT2D eigenvalue weighted by Gasteiger charge is -2.22. The monoisotopic (exact) mass is 370 g/mol. The van der Waals surface area contributed by atoms with E-state index < -0.39 is 0 Å². The van der Waals surface area contributed by atoms with Crippen molar-refractivity contribution in [2.24, 2.45) is 7.05 Å². The summed E-state index contributed by atoms with van der Waals surface area (Å²) >= 11 is 0. The van der Waals surface area contributed by atoms with E-state index in [2.05, 4.69) is 31.2 Å². The number of hydrogen-bond acceptors (Lipinski definition) is 3. The van der Waals surface area contributed by atoms with Gasteiger partial charge in [-0.05, 0) is 25.0 Å². The first-order valence-corrected chi connectivity index (χ1v) is 9.32. The molecule has 1 heterocycles. The Morgan fingerprint density at radius 2 is 1.89 bits per heavy atom. The van der Waals surface area contributed by atoms with E-state index in [4.69, 9.17) is 0 Å². The van der Waals surface area contributed by atoms with Gasteiger partial charge in [0.2, 0.25) is 5.91 Å². The molecular weight excluding hydrogens is 340 g/mol. The van der Waals surface area contributed by atoms with Gasteiger partial charge in [-0.15, -0.1) is 0 Å². The summed E-state index contributed by atoms with van der Waals surface area (Å²) in [6, 6.07) is 9.33. The number of aryl methyl sites for hydroxylation is 2. The zero-order valence-corrected chi connectivity index (χ0v) is 17.2. The van der Waals surface area contributed by atoms with E-state index >= 15 is 0 Å². The molecule has 6 heteroatoms. The van der Waals surface area contributed by atoms with Crippen LogP contribution in [0.15, 0.2) is 30.3 Å². The fraction of sp³-hybridized carbons (Fsp3) is 0.476. The van der Waals surface area contributed by atoms with E-state index in [1.54, 1.807) is 22.7 Å². The molecule has 0 aliphatic rings. The molecule has 2 aromatic rings. The molecule has 0 aliphatic carbocycles. The predicted octanol–water partition coefficient (Wildman–Crippen LogP) is 3.52. The second-order valence-electron chi connectivity index (χ2n) is 7.88. The fourth-order valence-corrected chi connectivity index (χ4v) is 2.81. The Hall–Kier alpha value is -2.63. The maximum Gasteiger partial charge on any atom is 0.254 e. The molecule has 0 aliphatic heterocycles. The van der Waals surface area contributed by atoms with Gasteiger partial charge in [0.15, 0.2) is 0 Å². The summed E-state index contributed by atoms with van der Waals surface area (Å²) in [4.78, 5) is 27.1. The Morgan fingerprint density at radius 1 is 1.22 bits per heavy atom. The van der Waals surface area contributed by atoms with Crippen LogP contribution in [-0.4, -0.2) is 39.6 Å². The number of carbonyl (C=O) groups is 2. The average Bonchev–Trinajstić information content (AvgIpc) is 2.95. The van der Waals surface area contributed by atoms with Gasteiger partial charge in [-0.2, -0.15) is 5.10 Å². The Bertz CT molecular complexity index is 818. The summed E-state index contributed by atoms with van der Waals surface area (Å²) < 4.78 is 1.66. The van der Waals surface area contributed by atoms with Crippen molar-refractivity contribution in [2.45, 2.75) is 46.5 Å². The van der Waals surface area contributed by atoms with Crippen LogP contribution in [0.5, 0.6) is 0 Å². The van der Waals surface area contributed by atoms with E-state index in [0.717, 1.165) is 17.7 Å². The van der Waals surface area contributed by atoms with Crippen LogP contribution >= 0.6 is 0 Å². The number of nitrogens with zero attached hydrogens (tertiary/aromatic N) is 3. The molecule has 27 heavy (non-hydrogen) atoms. The van der Waals surface area contributed by atoms with E-state index in [9.17, 15) is 9.59 Å². The van der Waals surface area contributed by atoms with Crippen LogP contribution in [0.1, 0.15) is 55.7 Å². The lowest BCUT2D eigenvalue weighted by atomic mass is 9.92. The lowest BCUT2D eigenvalue weighted by molar-refractivity contribution is -0.116. The first-order valence-electron chi connectivity index (χ1n) is 9.32. The third-order valence-corrected chi connectivity index (χ3v) is 4.41. The highest BCUT2D eigenvalue weighted by Crippen LogP contribution is 2.23. The van der Waals surface area contributed by atoms with Gasteiger partial charge < -0.3 is 10.2 Å². The minimum Gasteiger partial charge on any atom is -0.329 e. The molecule has 0 unspecified atom stereocenters. The molecule has 2 rings (SSSR count). The number of anilines is 1. The number of nitrogens with one attached hydrogen (secondary N) is 1. The molecule has 1 aromatic carbocycles. The number of amides is 2. The molecule has 2 amide bonds. The molecule has 0 saturated heterocycles. The highest BCUT2D eigenvalue weighted by Gasteiger charge is 2.22.